The third kappa shape index (κ3) is 2.99. The van der Waals surface area contributed by atoms with Gasteiger partial charge in [0.1, 0.15) is 0 Å². The predicted octanol–water partition coefficient (Wildman–Crippen LogP) is 4.95. The zero-order valence-corrected chi connectivity index (χ0v) is 14.1. The van der Waals surface area contributed by atoms with Crippen LogP contribution in [-0.4, -0.2) is 30.3 Å². The minimum Gasteiger partial charge on any atom is -0.369 e. The van der Waals surface area contributed by atoms with Crippen LogP contribution in [0.2, 0.25) is 0 Å². The monoisotopic (exact) mass is 359 g/mol. The zero-order chi connectivity index (χ0) is 14.8. The average Bonchev–Trinajstić information content (AvgIpc) is 2.90. The van der Waals surface area contributed by atoms with Gasteiger partial charge in [-0.15, -0.1) is 11.3 Å². The van der Waals surface area contributed by atoms with Crippen molar-refractivity contribution in [3.8, 4) is 11.1 Å². The lowest BCUT2D eigenvalue weighted by Gasteiger charge is -2.05. The summed E-state index contributed by atoms with van der Waals surface area (Å²) >= 11 is 5.20. The van der Waals surface area contributed by atoms with Gasteiger partial charge in [-0.1, -0.05) is 28.1 Å². The van der Waals surface area contributed by atoms with Crippen LogP contribution in [0.25, 0.3) is 21.2 Å². The van der Waals surface area contributed by atoms with Crippen LogP contribution >= 0.6 is 27.3 Å². The molecule has 0 saturated heterocycles. The van der Waals surface area contributed by atoms with Gasteiger partial charge in [-0.25, -0.2) is 9.98 Å². The summed E-state index contributed by atoms with van der Waals surface area (Å²) in [6.45, 7) is 0. The Hall–Kier alpha value is -1.72. The van der Waals surface area contributed by atoms with Crippen LogP contribution in [0.5, 0.6) is 0 Å². The molecule has 2 aromatic heterocycles. The van der Waals surface area contributed by atoms with E-state index in [1.54, 1.807) is 17.7 Å². The molecule has 0 bridgehead atoms. The summed E-state index contributed by atoms with van der Waals surface area (Å²) in [6.07, 6.45) is 3.59. The molecular weight excluding hydrogens is 346 g/mol. The number of hydrogen-bond donors (Lipinski definition) is 0. The summed E-state index contributed by atoms with van der Waals surface area (Å²) in [5, 5.41) is 3.28. The van der Waals surface area contributed by atoms with Crippen molar-refractivity contribution in [2.24, 2.45) is 4.99 Å². The number of thiophene rings is 1. The maximum atomic E-state index is 4.50. The summed E-state index contributed by atoms with van der Waals surface area (Å²) in [4.78, 5) is 10.8. The maximum absolute atomic E-state index is 4.50. The third-order valence-corrected chi connectivity index (χ3v) is 4.51. The minimum atomic E-state index is 0.764. The van der Waals surface area contributed by atoms with Gasteiger partial charge in [-0.3, -0.25) is 0 Å². The third-order valence-electron chi connectivity index (χ3n) is 3.03. The molecule has 0 radical (unpaired) electrons. The number of halogens is 1. The van der Waals surface area contributed by atoms with E-state index in [1.165, 1.54) is 15.8 Å². The molecular formula is C16H14BrN3S. The highest BCUT2D eigenvalue weighted by Crippen LogP contribution is 2.38. The van der Waals surface area contributed by atoms with Crippen LogP contribution < -0.4 is 0 Å². The van der Waals surface area contributed by atoms with Crippen molar-refractivity contribution in [3.63, 3.8) is 0 Å². The SMILES string of the molecule is CN(C)C=Nc1nccc2scc(-c3ccc(Br)cc3)c12. The van der Waals surface area contributed by atoms with Gasteiger partial charge in [-0.05, 0) is 29.1 Å². The number of aromatic nitrogens is 1. The first-order chi connectivity index (χ1) is 10.1. The van der Waals surface area contributed by atoms with E-state index in [4.69, 9.17) is 0 Å². The molecule has 0 saturated carbocycles. The van der Waals surface area contributed by atoms with Gasteiger partial charge >= 0.3 is 0 Å². The van der Waals surface area contributed by atoms with Gasteiger partial charge < -0.3 is 4.90 Å². The predicted molar refractivity (Wildman–Crippen MR) is 94.6 cm³/mol. The average molecular weight is 360 g/mol. The van der Waals surface area contributed by atoms with Gasteiger partial charge in [0, 0.05) is 40.4 Å². The van der Waals surface area contributed by atoms with E-state index < -0.39 is 0 Å². The molecule has 21 heavy (non-hydrogen) atoms. The van der Waals surface area contributed by atoms with E-state index in [0.29, 0.717) is 0 Å². The van der Waals surface area contributed by atoms with Gasteiger partial charge in [0.2, 0.25) is 0 Å². The van der Waals surface area contributed by atoms with Crippen LogP contribution in [0, 0.1) is 0 Å². The van der Waals surface area contributed by atoms with E-state index in [1.807, 2.05) is 31.3 Å². The molecule has 0 aliphatic heterocycles. The van der Waals surface area contributed by atoms with Crippen molar-refractivity contribution >= 4 is 49.5 Å². The lowest BCUT2D eigenvalue weighted by molar-refractivity contribution is 0.643. The highest BCUT2D eigenvalue weighted by Gasteiger charge is 2.11. The fourth-order valence-electron chi connectivity index (χ4n) is 2.08. The smallest absolute Gasteiger partial charge is 0.162 e. The molecule has 0 aliphatic carbocycles. The van der Waals surface area contributed by atoms with E-state index in [0.717, 1.165) is 15.7 Å². The fourth-order valence-corrected chi connectivity index (χ4v) is 3.30. The number of aliphatic imine (C=N–C) groups is 1. The lowest BCUT2D eigenvalue weighted by Crippen LogP contribution is -2.07. The zero-order valence-electron chi connectivity index (χ0n) is 11.7. The quantitative estimate of drug-likeness (QED) is 0.489. The van der Waals surface area contributed by atoms with E-state index in [2.05, 4.69) is 55.6 Å². The number of nitrogens with zero attached hydrogens (tertiary/aromatic N) is 3. The summed E-state index contributed by atoms with van der Waals surface area (Å²) in [7, 11) is 3.90. The fraction of sp³-hybridized carbons (Fsp3) is 0.125. The van der Waals surface area contributed by atoms with E-state index in [-0.39, 0.29) is 0 Å². The maximum Gasteiger partial charge on any atom is 0.162 e. The molecule has 2 heterocycles. The molecule has 106 valence electrons. The largest absolute Gasteiger partial charge is 0.369 e. The Kier molecular flexibility index (Phi) is 4.03. The second-order valence-electron chi connectivity index (χ2n) is 4.87. The molecule has 3 aromatic rings. The Balaban J connectivity index is 2.17. The molecule has 3 nitrogen and oxygen atoms in total. The molecule has 0 unspecified atom stereocenters. The molecule has 0 atom stereocenters. The molecule has 3 rings (SSSR count). The van der Waals surface area contributed by atoms with Crippen molar-refractivity contribution < 1.29 is 0 Å². The van der Waals surface area contributed by atoms with Crippen LogP contribution in [0.1, 0.15) is 0 Å². The summed E-state index contributed by atoms with van der Waals surface area (Å²) in [5.41, 5.74) is 2.36. The molecule has 0 spiro atoms. The Morgan fingerprint density at radius 3 is 2.67 bits per heavy atom. The Bertz CT molecular complexity index is 791. The van der Waals surface area contributed by atoms with Crippen molar-refractivity contribution in [2.75, 3.05) is 14.1 Å². The molecule has 0 N–H and O–H groups in total. The van der Waals surface area contributed by atoms with Crippen LogP contribution in [0.15, 0.2) is 51.4 Å². The lowest BCUT2D eigenvalue weighted by atomic mass is 10.1. The minimum absolute atomic E-state index is 0.764. The number of rotatable bonds is 3. The molecule has 0 fully saturated rings. The van der Waals surface area contributed by atoms with Gasteiger partial charge in [0.05, 0.1) is 6.34 Å². The normalized spacial score (nSPS) is 11.4. The highest BCUT2D eigenvalue weighted by atomic mass is 79.9. The number of benzene rings is 1. The van der Waals surface area contributed by atoms with Crippen LogP contribution in [0.4, 0.5) is 5.82 Å². The molecule has 5 heteroatoms. The Labute approximate surface area is 136 Å². The summed E-state index contributed by atoms with van der Waals surface area (Å²) < 4.78 is 2.28. The second-order valence-corrected chi connectivity index (χ2v) is 6.70. The number of pyridine rings is 1. The van der Waals surface area contributed by atoms with Crippen molar-refractivity contribution in [3.05, 3.63) is 46.4 Å². The van der Waals surface area contributed by atoms with E-state index in [9.17, 15) is 0 Å². The topological polar surface area (TPSA) is 28.5 Å². The van der Waals surface area contributed by atoms with Crippen molar-refractivity contribution in [1.82, 2.24) is 9.88 Å². The highest BCUT2D eigenvalue weighted by molar-refractivity contribution is 9.10. The first kappa shape index (κ1) is 14.2. The molecule has 1 aromatic carbocycles. The number of fused-ring (bicyclic) bond motifs is 1. The standard InChI is InChI=1S/C16H14BrN3S/c1-20(2)10-19-16-15-13(9-21-14(15)7-8-18-16)11-3-5-12(17)6-4-11/h3-10H,1-2H3. The first-order valence-electron chi connectivity index (χ1n) is 6.48. The Morgan fingerprint density at radius 1 is 1.19 bits per heavy atom. The van der Waals surface area contributed by atoms with E-state index >= 15 is 0 Å². The first-order valence-corrected chi connectivity index (χ1v) is 8.15. The summed E-state index contributed by atoms with van der Waals surface area (Å²) in [6, 6.07) is 10.4. The van der Waals surface area contributed by atoms with Gasteiger partial charge in [0.25, 0.3) is 0 Å². The Morgan fingerprint density at radius 2 is 1.95 bits per heavy atom. The van der Waals surface area contributed by atoms with Crippen LogP contribution in [0.3, 0.4) is 0 Å². The van der Waals surface area contributed by atoms with Crippen LogP contribution in [-0.2, 0) is 0 Å². The molecule has 0 aliphatic rings. The van der Waals surface area contributed by atoms with Crippen molar-refractivity contribution in [2.45, 2.75) is 0 Å². The summed E-state index contributed by atoms with van der Waals surface area (Å²) in [5.74, 6) is 0.764. The van der Waals surface area contributed by atoms with Gasteiger partial charge in [0.15, 0.2) is 5.82 Å². The second kappa shape index (κ2) is 5.95. The molecule has 0 amide bonds. The van der Waals surface area contributed by atoms with Crippen molar-refractivity contribution in [1.29, 1.82) is 0 Å². The van der Waals surface area contributed by atoms with Gasteiger partial charge in [-0.2, -0.15) is 0 Å². The number of hydrogen-bond acceptors (Lipinski definition) is 3.